The van der Waals surface area contributed by atoms with Crippen LogP contribution >= 0.6 is 0 Å². The van der Waals surface area contributed by atoms with Crippen LogP contribution < -0.4 is 11.1 Å². The van der Waals surface area contributed by atoms with Crippen molar-refractivity contribution in [3.05, 3.63) is 35.9 Å². The second-order valence-electron chi connectivity index (χ2n) is 4.79. The number of hydrogen-bond donors (Lipinski definition) is 3. The summed E-state index contributed by atoms with van der Waals surface area (Å²) in [5.74, 6) is -1.45. The predicted octanol–water partition coefficient (Wildman–Crippen LogP) is 0.970. The van der Waals surface area contributed by atoms with Gasteiger partial charge < -0.3 is 10.8 Å². The van der Waals surface area contributed by atoms with Crippen LogP contribution in [0.1, 0.15) is 24.8 Å². The van der Waals surface area contributed by atoms with Crippen LogP contribution in [-0.4, -0.2) is 36.0 Å². The number of carboxylic acid groups (broad SMARTS) is 1. The molecule has 1 aromatic carbocycles. The van der Waals surface area contributed by atoms with Gasteiger partial charge in [-0.1, -0.05) is 30.3 Å². The first-order valence-electron chi connectivity index (χ1n) is 6.76. The molecule has 0 aliphatic heterocycles. The number of likely N-dealkylation sites (N-methyl/N-ethyl adjacent to an activating group) is 1. The monoisotopic (exact) mass is 278 g/mol. The van der Waals surface area contributed by atoms with Gasteiger partial charge in [0, 0.05) is 6.42 Å². The first-order chi connectivity index (χ1) is 9.56. The molecule has 110 valence electrons. The van der Waals surface area contributed by atoms with Gasteiger partial charge in [0.1, 0.15) is 0 Å². The average molecular weight is 278 g/mol. The highest BCUT2D eigenvalue weighted by molar-refractivity contribution is 6.08. The first kappa shape index (κ1) is 16.3. The van der Waals surface area contributed by atoms with E-state index in [-0.39, 0.29) is 18.6 Å². The fourth-order valence-electron chi connectivity index (χ4n) is 2.20. The quantitative estimate of drug-likeness (QED) is 0.462. The number of unbranched alkanes of at least 4 members (excludes halogenated alkanes) is 1. The van der Waals surface area contributed by atoms with E-state index in [1.807, 2.05) is 30.3 Å². The lowest BCUT2D eigenvalue weighted by Gasteiger charge is -2.27. The minimum Gasteiger partial charge on any atom is -0.480 e. The molecule has 0 bridgehead atoms. The van der Waals surface area contributed by atoms with Crippen molar-refractivity contribution < 1.29 is 14.7 Å². The first-order valence-corrected chi connectivity index (χ1v) is 6.76. The normalized spacial score (nSPS) is 13.7. The number of carboxylic acids is 1. The average Bonchev–Trinajstić information content (AvgIpc) is 2.44. The van der Waals surface area contributed by atoms with E-state index in [0.717, 1.165) is 5.56 Å². The van der Waals surface area contributed by atoms with E-state index in [2.05, 4.69) is 5.32 Å². The summed E-state index contributed by atoms with van der Waals surface area (Å²) in [6.45, 7) is 0.492. The Balaban J connectivity index is 2.86. The molecule has 5 heteroatoms. The molecule has 0 heterocycles. The Kier molecular flexibility index (Phi) is 6.35. The molecule has 0 aliphatic rings. The molecule has 0 spiro atoms. The molecular weight excluding hydrogens is 256 g/mol. The Bertz CT molecular complexity index is 448. The number of carbonyl (C=O) groups excluding carboxylic acids is 1. The van der Waals surface area contributed by atoms with E-state index in [1.165, 1.54) is 7.05 Å². The lowest BCUT2D eigenvalue weighted by atomic mass is 9.85. The number of aliphatic carboxylic acids is 1. The zero-order chi connectivity index (χ0) is 15.0. The second kappa shape index (κ2) is 7.77. The van der Waals surface area contributed by atoms with E-state index >= 15 is 0 Å². The standard InChI is InChI=1S/C15H22N2O3/c1-17-15(14(19)20,9-5-6-10-16)13(18)11-12-7-3-2-4-8-12/h2-4,7-8,17H,5-6,9-11,16H2,1H3,(H,19,20)/t15-/m1/s1. The van der Waals surface area contributed by atoms with Crippen LogP contribution in [0.5, 0.6) is 0 Å². The molecule has 1 rings (SSSR count). The van der Waals surface area contributed by atoms with Gasteiger partial charge in [0.25, 0.3) is 0 Å². The predicted molar refractivity (Wildman–Crippen MR) is 77.5 cm³/mol. The Morgan fingerprint density at radius 3 is 2.40 bits per heavy atom. The second-order valence-corrected chi connectivity index (χ2v) is 4.79. The van der Waals surface area contributed by atoms with Crippen molar-refractivity contribution in [3.63, 3.8) is 0 Å². The lowest BCUT2D eigenvalue weighted by Crippen LogP contribution is -2.57. The van der Waals surface area contributed by atoms with Gasteiger partial charge in [0.2, 0.25) is 0 Å². The molecular formula is C15H22N2O3. The van der Waals surface area contributed by atoms with Gasteiger partial charge in [0.05, 0.1) is 0 Å². The number of nitrogens with one attached hydrogen (secondary N) is 1. The molecule has 0 amide bonds. The maximum absolute atomic E-state index is 12.4. The minimum atomic E-state index is -1.52. The van der Waals surface area contributed by atoms with E-state index in [1.54, 1.807) is 0 Å². The highest BCUT2D eigenvalue weighted by Gasteiger charge is 2.43. The molecule has 0 aromatic heterocycles. The Morgan fingerprint density at radius 1 is 1.25 bits per heavy atom. The van der Waals surface area contributed by atoms with Crippen molar-refractivity contribution in [2.75, 3.05) is 13.6 Å². The number of ketones is 1. The molecule has 0 fully saturated rings. The van der Waals surface area contributed by atoms with Gasteiger partial charge in [0.15, 0.2) is 11.3 Å². The molecule has 20 heavy (non-hydrogen) atoms. The zero-order valence-electron chi connectivity index (χ0n) is 11.8. The lowest BCUT2D eigenvalue weighted by molar-refractivity contribution is -0.150. The van der Waals surface area contributed by atoms with Crippen LogP contribution in [0.25, 0.3) is 0 Å². The molecule has 0 saturated carbocycles. The summed E-state index contributed by atoms with van der Waals surface area (Å²) >= 11 is 0. The molecule has 1 atom stereocenters. The van der Waals surface area contributed by atoms with Gasteiger partial charge in [-0.2, -0.15) is 0 Å². The SMILES string of the molecule is CN[C@@](CCCCN)(C(=O)O)C(=O)Cc1ccccc1. The van der Waals surface area contributed by atoms with Gasteiger partial charge in [-0.15, -0.1) is 0 Å². The summed E-state index contributed by atoms with van der Waals surface area (Å²) in [5, 5.41) is 12.2. The molecule has 0 unspecified atom stereocenters. The van der Waals surface area contributed by atoms with Gasteiger partial charge in [-0.3, -0.25) is 10.1 Å². The number of Topliss-reactive ketones (excluding diaryl/α,β-unsaturated/α-hetero) is 1. The Hall–Kier alpha value is -1.72. The summed E-state index contributed by atoms with van der Waals surface area (Å²) in [6.07, 6.45) is 1.66. The minimum absolute atomic E-state index is 0.108. The third-order valence-corrected chi connectivity index (χ3v) is 3.48. The molecule has 5 nitrogen and oxygen atoms in total. The zero-order valence-corrected chi connectivity index (χ0v) is 11.8. The van der Waals surface area contributed by atoms with Crippen LogP contribution in [0, 0.1) is 0 Å². The fraction of sp³-hybridized carbons (Fsp3) is 0.467. The maximum Gasteiger partial charge on any atom is 0.331 e. The van der Waals surface area contributed by atoms with Gasteiger partial charge in [-0.05, 0) is 38.4 Å². The number of benzene rings is 1. The molecule has 0 aliphatic carbocycles. The number of rotatable bonds is 9. The Morgan fingerprint density at radius 2 is 1.90 bits per heavy atom. The topological polar surface area (TPSA) is 92.4 Å². The van der Waals surface area contributed by atoms with E-state index in [0.29, 0.717) is 19.4 Å². The number of carbonyl (C=O) groups is 2. The summed E-state index contributed by atoms with van der Waals surface area (Å²) in [7, 11) is 1.51. The Labute approximate surface area is 119 Å². The number of hydrogen-bond acceptors (Lipinski definition) is 4. The summed E-state index contributed by atoms with van der Waals surface area (Å²) in [5.41, 5.74) is 4.72. The van der Waals surface area contributed by atoms with Crippen molar-refractivity contribution in [1.29, 1.82) is 0 Å². The van der Waals surface area contributed by atoms with Crippen molar-refractivity contribution in [2.45, 2.75) is 31.2 Å². The van der Waals surface area contributed by atoms with Crippen LogP contribution in [0.3, 0.4) is 0 Å². The van der Waals surface area contributed by atoms with Crippen molar-refractivity contribution >= 4 is 11.8 Å². The highest BCUT2D eigenvalue weighted by atomic mass is 16.4. The smallest absolute Gasteiger partial charge is 0.331 e. The fourth-order valence-corrected chi connectivity index (χ4v) is 2.20. The van der Waals surface area contributed by atoms with Crippen LogP contribution in [-0.2, 0) is 16.0 Å². The summed E-state index contributed by atoms with van der Waals surface area (Å²) in [4.78, 5) is 24.0. The largest absolute Gasteiger partial charge is 0.480 e. The van der Waals surface area contributed by atoms with Gasteiger partial charge in [-0.25, -0.2) is 4.79 Å². The van der Waals surface area contributed by atoms with Crippen molar-refractivity contribution in [2.24, 2.45) is 5.73 Å². The van der Waals surface area contributed by atoms with Crippen LogP contribution in [0.2, 0.25) is 0 Å². The molecule has 0 radical (unpaired) electrons. The third kappa shape index (κ3) is 3.88. The third-order valence-electron chi connectivity index (χ3n) is 3.48. The van der Waals surface area contributed by atoms with Crippen molar-refractivity contribution in [3.8, 4) is 0 Å². The van der Waals surface area contributed by atoms with Crippen LogP contribution in [0.4, 0.5) is 0 Å². The number of nitrogens with two attached hydrogens (primary N) is 1. The molecule has 1 aromatic rings. The van der Waals surface area contributed by atoms with E-state index in [9.17, 15) is 14.7 Å². The molecule has 4 N–H and O–H groups in total. The van der Waals surface area contributed by atoms with E-state index in [4.69, 9.17) is 5.73 Å². The van der Waals surface area contributed by atoms with Gasteiger partial charge >= 0.3 is 5.97 Å². The molecule has 0 saturated heterocycles. The maximum atomic E-state index is 12.4. The van der Waals surface area contributed by atoms with E-state index < -0.39 is 11.5 Å². The van der Waals surface area contributed by atoms with Crippen LogP contribution in [0.15, 0.2) is 30.3 Å². The highest BCUT2D eigenvalue weighted by Crippen LogP contribution is 2.18. The summed E-state index contributed by atoms with van der Waals surface area (Å²) in [6, 6.07) is 9.16. The summed E-state index contributed by atoms with van der Waals surface area (Å²) < 4.78 is 0. The van der Waals surface area contributed by atoms with Crippen molar-refractivity contribution in [1.82, 2.24) is 5.32 Å².